The number of anilines is 4. The first-order valence-corrected chi connectivity index (χ1v) is 9.53. The van der Waals surface area contributed by atoms with Gasteiger partial charge in [-0.05, 0) is 48.9 Å². The van der Waals surface area contributed by atoms with E-state index in [0.717, 1.165) is 29.6 Å². The Morgan fingerprint density at radius 1 is 0.643 bits per heavy atom. The maximum Gasteiger partial charge on any atom is 0.159 e. The first-order valence-electron chi connectivity index (χ1n) is 9.53. The zero-order valence-corrected chi connectivity index (χ0v) is 15.8. The van der Waals surface area contributed by atoms with Crippen LogP contribution < -0.4 is 9.80 Å². The molecule has 0 aliphatic carbocycles. The third-order valence-corrected chi connectivity index (χ3v) is 5.24. The van der Waals surface area contributed by atoms with Gasteiger partial charge in [-0.1, -0.05) is 60.7 Å². The van der Waals surface area contributed by atoms with E-state index in [9.17, 15) is 0 Å². The van der Waals surface area contributed by atoms with E-state index < -0.39 is 0 Å². The van der Waals surface area contributed by atoms with Gasteiger partial charge in [0.2, 0.25) is 0 Å². The number of hydrogen-bond donors (Lipinski definition) is 0. The summed E-state index contributed by atoms with van der Waals surface area (Å²) in [5.74, 6) is 0.996. The van der Waals surface area contributed by atoms with Crippen molar-refractivity contribution in [3.63, 3.8) is 0 Å². The molecule has 0 radical (unpaired) electrons. The number of hydrogen-bond acceptors (Lipinski definition) is 3. The van der Waals surface area contributed by atoms with Gasteiger partial charge in [0.05, 0.1) is 11.4 Å². The van der Waals surface area contributed by atoms with Crippen LogP contribution in [0.2, 0.25) is 0 Å². The lowest BCUT2D eigenvalue weighted by Crippen LogP contribution is -2.24. The van der Waals surface area contributed by atoms with E-state index >= 15 is 0 Å². The second-order valence-electron chi connectivity index (χ2n) is 7.02. The van der Waals surface area contributed by atoms with Gasteiger partial charge in [-0.3, -0.25) is 0 Å². The molecule has 4 aromatic rings. The van der Waals surface area contributed by atoms with Crippen LogP contribution in [-0.2, 0) is 0 Å². The van der Waals surface area contributed by atoms with Crippen LogP contribution in [0.1, 0.15) is 5.56 Å². The van der Waals surface area contributed by atoms with Crippen molar-refractivity contribution in [3.05, 3.63) is 103 Å². The molecule has 3 aromatic carbocycles. The SMILES string of the molecule is Cc1ccccc1-c1ccc2c(n1)N(c1ccccc1)CN2c1ccccc1. The predicted octanol–water partition coefficient (Wildman–Crippen LogP) is 6.30. The van der Waals surface area contributed by atoms with Gasteiger partial charge < -0.3 is 9.80 Å². The van der Waals surface area contributed by atoms with Crippen molar-refractivity contribution in [1.29, 1.82) is 0 Å². The molecule has 0 spiro atoms. The van der Waals surface area contributed by atoms with Gasteiger partial charge >= 0.3 is 0 Å². The molecule has 3 nitrogen and oxygen atoms in total. The molecule has 0 amide bonds. The Labute approximate surface area is 165 Å². The number of rotatable bonds is 3. The third kappa shape index (κ3) is 2.81. The van der Waals surface area contributed by atoms with Crippen molar-refractivity contribution in [2.75, 3.05) is 16.5 Å². The molecule has 5 rings (SSSR count). The molecule has 0 fully saturated rings. The maximum absolute atomic E-state index is 5.10. The molecular formula is C25H21N3. The monoisotopic (exact) mass is 363 g/mol. The molecule has 3 heteroatoms. The Bertz CT molecular complexity index is 1110. The standard InChI is InChI=1S/C25H21N3/c1-19-10-8-9-15-22(19)23-16-17-24-25(26-23)28(21-13-6-3-7-14-21)18-27(24)20-11-4-2-5-12-20/h2-17H,18H2,1H3. The van der Waals surface area contributed by atoms with Crippen molar-refractivity contribution in [2.24, 2.45) is 0 Å². The summed E-state index contributed by atoms with van der Waals surface area (Å²) in [6, 6.07) is 33.7. The summed E-state index contributed by atoms with van der Waals surface area (Å²) in [4.78, 5) is 9.70. The maximum atomic E-state index is 5.10. The molecule has 0 saturated heterocycles. The number of aryl methyl sites for hydroxylation is 1. The molecule has 1 aliphatic rings. The molecule has 0 unspecified atom stereocenters. The summed E-state index contributed by atoms with van der Waals surface area (Å²) in [6.07, 6.45) is 0. The van der Waals surface area contributed by atoms with Crippen molar-refractivity contribution < 1.29 is 0 Å². The van der Waals surface area contributed by atoms with Gasteiger partial charge in [-0.25, -0.2) is 4.98 Å². The minimum atomic E-state index is 0.744. The fourth-order valence-electron chi connectivity index (χ4n) is 3.79. The number of pyridine rings is 1. The second-order valence-corrected chi connectivity index (χ2v) is 7.02. The number of nitrogens with zero attached hydrogens (tertiary/aromatic N) is 3. The highest BCUT2D eigenvalue weighted by molar-refractivity contribution is 5.86. The minimum Gasteiger partial charge on any atom is -0.320 e. The molecule has 0 bridgehead atoms. The van der Waals surface area contributed by atoms with E-state index in [0.29, 0.717) is 0 Å². The zero-order valence-electron chi connectivity index (χ0n) is 15.8. The van der Waals surface area contributed by atoms with Crippen molar-refractivity contribution in [2.45, 2.75) is 6.92 Å². The van der Waals surface area contributed by atoms with E-state index in [1.165, 1.54) is 16.8 Å². The molecule has 2 heterocycles. The summed E-state index contributed by atoms with van der Waals surface area (Å²) >= 11 is 0. The summed E-state index contributed by atoms with van der Waals surface area (Å²) in [7, 11) is 0. The van der Waals surface area contributed by atoms with E-state index in [1.54, 1.807) is 0 Å². The van der Waals surface area contributed by atoms with Crippen LogP contribution in [-0.4, -0.2) is 11.7 Å². The normalized spacial score (nSPS) is 12.9. The Hall–Kier alpha value is -3.59. The molecule has 0 atom stereocenters. The van der Waals surface area contributed by atoms with Crippen LogP contribution in [0.5, 0.6) is 0 Å². The van der Waals surface area contributed by atoms with Crippen LogP contribution in [0.3, 0.4) is 0 Å². The van der Waals surface area contributed by atoms with E-state index in [-0.39, 0.29) is 0 Å². The van der Waals surface area contributed by atoms with Gasteiger partial charge in [0.1, 0.15) is 6.67 Å². The minimum absolute atomic E-state index is 0.744. The Morgan fingerprint density at radius 2 is 1.25 bits per heavy atom. The highest BCUT2D eigenvalue weighted by Crippen LogP contribution is 2.43. The summed E-state index contributed by atoms with van der Waals surface area (Å²) < 4.78 is 0. The summed E-state index contributed by atoms with van der Waals surface area (Å²) in [6.45, 7) is 2.88. The van der Waals surface area contributed by atoms with Gasteiger partial charge in [-0.15, -0.1) is 0 Å². The highest BCUT2D eigenvalue weighted by atomic mass is 15.4. The van der Waals surface area contributed by atoms with Crippen LogP contribution in [0.15, 0.2) is 97.1 Å². The fourth-order valence-corrected chi connectivity index (χ4v) is 3.79. The number of aromatic nitrogens is 1. The van der Waals surface area contributed by atoms with Crippen molar-refractivity contribution in [1.82, 2.24) is 4.98 Å². The first-order chi connectivity index (χ1) is 13.8. The Morgan fingerprint density at radius 3 is 1.93 bits per heavy atom. The van der Waals surface area contributed by atoms with E-state index in [1.807, 2.05) is 6.07 Å². The zero-order chi connectivity index (χ0) is 18.9. The largest absolute Gasteiger partial charge is 0.320 e. The van der Waals surface area contributed by atoms with Crippen LogP contribution in [0, 0.1) is 6.92 Å². The van der Waals surface area contributed by atoms with Crippen LogP contribution in [0.25, 0.3) is 11.3 Å². The van der Waals surface area contributed by atoms with E-state index in [4.69, 9.17) is 4.98 Å². The number of benzene rings is 3. The summed E-state index contributed by atoms with van der Waals surface area (Å²) in [5.41, 5.74) is 6.87. The predicted molar refractivity (Wildman–Crippen MR) is 116 cm³/mol. The first kappa shape index (κ1) is 16.6. The molecule has 136 valence electrons. The smallest absolute Gasteiger partial charge is 0.159 e. The van der Waals surface area contributed by atoms with Gasteiger partial charge in [0.25, 0.3) is 0 Å². The van der Waals surface area contributed by atoms with E-state index in [2.05, 4.69) is 108 Å². The number of para-hydroxylation sites is 2. The highest BCUT2D eigenvalue weighted by Gasteiger charge is 2.29. The van der Waals surface area contributed by atoms with Gasteiger partial charge in [0.15, 0.2) is 5.82 Å². The van der Waals surface area contributed by atoms with Crippen LogP contribution >= 0.6 is 0 Å². The summed E-state index contributed by atoms with van der Waals surface area (Å²) in [5, 5.41) is 0. The quantitative estimate of drug-likeness (QED) is 0.425. The Kier molecular flexibility index (Phi) is 4.06. The molecular weight excluding hydrogens is 342 g/mol. The fraction of sp³-hybridized carbons (Fsp3) is 0.0800. The Balaban J connectivity index is 1.66. The lowest BCUT2D eigenvalue weighted by Gasteiger charge is -2.21. The second kappa shape index (κ2) is 6.86. The molecule has 0 saturated carbocycles. The number of fused-ring (bicyclic) bond motifs is 1. The van der Waals surface area contributed by atoms with Crippen molar-refractivity contribution in [3.8, 4) is 11.3 Å². The van der Waals surface area contributed by atoms with Crippen molar-refractivity contribution >= 4 is 22.9 Å². The molecule has 1 aliphatic heterocycles. The van der Waals surface area contributed by atoms with Gasteiger partial charge in [-0.2, -0.15) is 0 Å². The van der Waals surface area contributed by atoms with Crippen LogP contribution in [0.4, 0.5) is 22.9 Å². The topological polar surface area (TPSA) is 19.4 Å². The molecule has 1 aromatic heterocycles. The molecule has 28 heavy (non-hydrogen) atoms. The lowest BCUT2D eigenvalue weighted by atomic mass is 10.1. The lowest BCUT2D eigenvalue weighted by molar-refractivity contribution is 0.982. The van der Waals surface area contributed by atoms with Gasteiger partial charge in [0, 0.05) is 16.9 Å². The third-order valence-electron chi connectivity index (χ3n) is 5.24. The molecule has 0 N–H and O–H groups in total. The average Bonchev–Trinajstić information content (AvgIpc) is 3.14. The average molecular weight is 363 g/mol.